The Bertz CT molecular complexity index is 876. The van der Waals surface area contributed by atoms with Crippen LogP contribution in [-0.4, -0.2) is 46.0 Å². The van der Waals surface area contributed by atoms with Crippen LogP contribution in [0.15, 0.2) is 18.2 Å². The molecular weight excluding hydrogens is 406 g/mol. The van der Waals surface area contributed by atoms with Gasteiger partial charge >= 0.3 is 5.97 Å². The molecule has 0 spiro atoms. The van der Waals surface area contributed by atoms with Crippen LogP contribution in [0.1, 0.15) is 76.6 Å². The number of methoxy groups -OCH3 is 1. The number of aliphatic carboxylic acids is 1. The molecular formula is C24H37N5O3. The fourth-order valence-corrected chi connectivity index (χ4v) is 4.49. The number of nitrogens with one attached hydrogen (secondary N) is 2. The zero-order valence-electron chi connectivity index (χ0n) is 19.7. The monoisotopic (exact) mass is 443 g/mol. The van der Waals surface area contributed by atoms with Crippen molar-refractivity contribution in [1.29, 1.82) is 0 Å². The summed E-state index contributed by atoms with van der Waals surface area (Å²) >= 11 is 0. The fraction of sp³-hybridized carbons (Fsp3) is 0.625. The standard InChI is InChI=1S/C24H37N5O3/c1-16(2)14-29(19-8-6-5-7-9-19)21-11-10-18(17(3)12-23(30)31)13-20(21)25-24-26-22(15-32-4)27-28-24/h10-11,13,16-17,19H,5-9,12,14-15H2,1-4H3,(H,30,31)(H2,25,26,27,28). The summed E-state index contributed by atoms with van der Waals surface area (Å²) in [7, 11) is 1.62. The molecule has 3 N–H and O–H groups in total. The second kappa shape index (κ2) is 11.3. The molecule has 1 aromatic carbocycles. The van der Waals surface area contributed by atoms with Gasteiger partial charge in [0.25, 0.3) is 0 Å². The fourth-order valence-electron chi connectivity index (χ4n) is 4.49. The van der Waals surface area contributed by atoms with E-state index < -0.39 is 5.97 Å². The van der Waals surface area contributed by atoms with Gasteiger partial charge in [0.15, 0.2) is 5.82 Å². The number of benzene rings is 1. The van der Waals surface area contributed by atoms with Gasteiger partial charge in [0.2, 0.25) is 5.95 Å². The number of hydrogen-bond donors (Lipinski definition) is 3. The summed E-state index contributed by atoms with van der Waals surface area (Å²) in [6.45, 7) is 7.77. The zero-order chi connectivity index (χ0) is 23.1. The minimum atomic E-state index is -0.794. The third-order valence-electron chi connectivity index (χ3n) is 6.02. The molecule has 1 heterocycles. The van der Waals surface area contributed by atoms with Crippen molar-refractivity contribution in [2.24, 2.45) is 5.92 Å². The highest BCUT2D eigenvalue weighted by molar-refractivity contribution is 5.75. The van der Waals surface area contributed by atoms with Crippen LogP contribution in [0.5, 0.6) is 0 Å². The molecule has 8 heteroatoms. The van der Waals surface area contributed by atoms with Gasteiger partial charge in [-0.2, -0.15) is 4.98 Å². The van der Waals surface area contributed by atoms with Crippen LogP contribution in [0.3, 0.4) is 0 Å². The van der Waals surface area contributed by atoms with E-state index in [-0.39, 0.29) is 12.3 Å². The number of carboxylic acid groups (broad SMARTS) is 1. The molecule has 1 fully saturated rings. The van der Waals surface area contributed by atoms with Crippen LogP contribution >= 0.6 is 0 Å². The summed E-state index contributed by atoms with van der Waals surface area (Å²) in [6, 6.07) is 6.77. The van der Waals surface area contributed by atoms with Gasteiger partial charge in [-0.15, -0.1) is 5.10 Å². The van der Waals surface area contributed by atoms with Crippen molar-refractivity contribution in [3.63, 3.8) is 0 Å². The lowest BCUT2D eigenvalue weighted by Gasteiger charge is -2.38. The van der Waals surface area contributed by atoms with Gasteiger partial charge in [-0.25, -0.2) is 0 Å². The number of ether oxygens (including phenoxy) is 1. The minimum absolute atomic E-state index is 0.0912. The molecule has 1 aliphatic carbocycles. The van der Waals surface area contributed by atoms with Crippen LogP contribution in [0.2, 0.25) is 0 Å². The molecule has 32 heavy (non-hydrogen) atoms. The van der Waals surface area contributed by atoms with Gasteiger partial charge in [0, 0.05) is 19.7 Å². The summed E-state index contributed by atoms with van der Waals surface area (Å²) in [5, 5.41) is 19.8. The number of aromatic nitrogens is 3. The third kappa shape index (κ3) is 6.45. The lowest BCUT2D eigenvalue weighted by molar-refractivity contribution is -0.137. The maximum Gasteiger partial charge on any atom is 0.303 e. The maximum atomic E-state index is 11.3. The smallest absolute Gasteiger partial charge is 0.303 e. The summed E-state index contributed by atoms with van der Waals surface area (Å²) in [5.74, 6) is 0.768. The number of rotatable bonds is 11. The number of carboxylic acids is 1. The molecule has 0 saturated heterocycles. The van der Waals surface area contributed by atoms with Crippen molar-refractivity contribution >= 4 is 23.3 Å². The summed E-state index contributed by atoms with van der Waals surface area (Å²) in [5.41, 5.74) is 3.02. The van der Waals surface area contributed by atoms with E-state index in [0.717, 1.165) is 23.5 Å². The van der Waals surface area contributed by atoms with E-state index in [4.69, 9.17) is 4.74 Å². The van der Waals surface area contributed by atoms with Crippen LogP contribution in [-0.2, 0) is 16.1 Å². The highest BCUT2D eigenvalue weighted by Crippen LogP contribution is 2.36. The van der Waals surface area contributed by atoms with Crippen LogP contribution in [0.4, 0.5) is 17.3 Å². The van der Waals surface area contributed by atoms with Crippen molar-refractivity contribution in [3.05, 3.63) is 29.6 Å². The molecule has 1 saturated carbocycles. The second-order valence-electron chi connectivity index (χ2n) is 9.28. The third-order valence-corrected chi connectivity index (χ3v) is 6.02. The van der Waals surface area contributed by atoms with Crippen molar-refractivity contribution in [3.8, 4) is 0 Å². The van der Waals surface area contributed by atoms with Gasteiger partial charge in [0.05, 0.1) is 17.8 Å². The number of carbonyl (C=O) groups is 1. The molecule has 0 radical (unpaired) electrons. The normalized spacial score (nSPS) is 15.7. The van der Waals surface area contributed by atoms with Gasteiger partial charge in [-0.1, -0.05) is 46.1 Å². The molecule has 1 atom stereocenters. The number of nitrogens with zero attached hydrogens (tertiary/aromatic N) is 3. The molecule has 1 aromatic heterocycles. The Balaban J connectivity index is 1.98. The Hall–Kier alpha value is -2.61. The Morgan fingerprint density at radius 2 is 2.03 bits per heavy atom. The average molecular weight is 444 g/mol. The van der Waals surface area contributed by atoms with E-state index in [1.807, 2.05) is 6.92 Å². The number of H-pyrrole nitrogens is 1. The van der Waals surface area contributed by atoms with E-state index in [2.05, 4.69) is 57.4 Å². The van der Waals surface area contributed by atoms with Crippen molar-refractivity contribution in [2.75, 3.05) is 23.9 Å². The molecule has 0 aliphatic heterocycles. The van der Waals surface area contributed by atoms with Gasteiger partial charge in [0.1, 0.15) is 6.61 Å². The first-order valence-electron chi connectivity index (χ1n) is 11.7. The molecule has 1 unspecified atom stereocenters. The molecule has 0 amide bonds. The van der Waals surface area contributed by atoms with E-state index in [1.165, 1.54) is 32.1 Å². The predicted molar refractivity (Wildman–Crippen MR) is 127 cm³/mol. The highest BCUT2D eigenvalue weighted by atomic mass is 16.5. The Labute approximate surface area is 190 Å². The maximum absolute atomic E-state index is 11.3. The topological polar surface area (TPSA) is 103 Å². The molecule has 8 nitrogen and oxygen atoms in total. The average Bonchev–Trinajstić information content (AvgIpc) is 3.19. The van der Waals surface area contributed by atoms with Gasteiger partial charge in [-0.3, -0.25) is 9.89 Å². The Kier molecular flexibility index (Phi) is 8.50. The molecule has 176 valence electrons. The molecule has 2 aromatic rings. The number of aromatic amines is 1. The van der Waals surface area contributed by atoms with E-state index in [0.29, 0.717) is 30.3 Å². The van der Waals surface area contributed by atoms with E-state index in [9.17, 15) is 9.90 Å². The minimum Gasteiger partial charge on any atom is -0.481 e. The van der Waals surface area contributed by atoms with Crippen LogP contribution in [0.25, 0.3) is 0 Å². The zero-order valence-corrected chi connectivity index (χ0v) is 19.7. The lowest BCUT2D eigenvalue weighted by atomic mass is 9.92. The molecule has 1 aliphatic rings. The second-order valence-corrected chi connectivity index (χ2v) is 9.28. The molecule has 3 rings (SSSR count). The SMILES string of the molecule is COCc1nc(Nc2cc(C(C)CC(=O)O)ccc2N(CC(C)C)C2CCCCC2)n[nH]1. The molecule has 0 bridgehead atoms. The largest absolute Gasteiger partial charge is 0.481 e. The quantitative estimate of drug-likeness (QED) is 0.445. The number of anilines is 3. The van der Waals surface area contributed by atoms with Crippen molar-refractivity contribution in [2.45, 2.75) is 77.9 Å². The number of hydrogen-bond acceptors (Lipinski definition) is 6. The highest BCUT2D eigenvalue weighted by Gasteiger charge is 2.25. The van der Waals surface area contributed by atoms with Crippen LogP contribution < -0.4 is 10.2 Å². The first kappa shape index (κ1) is 24.0. The Morgan fingerprint density at radius 3 is 2.69 bits per heavy atom. The van der Waals surface area contributed by atoms with Gasteiger partial charge < -0.3 is 20.1 Å². The summed E-state index contributed by atoms with van der Waals surface area (Å²) < 4.78 is 5.14. The van der Waals surface area contributed by atoms with Crippen molar-refractivity contribution in [1.82, 2.24) is 15.2 Å². The van der Waals surface area contributed by atoms with Crippen LogP contribution in [0, 0.1) is 5.92 Å². The predicted octanol–water partition coefficient (Wildman–Crippen LogP) is 5.07. The summed E-state index contributed by atoms with van der Waals surface area (Å²) in [6.07, 6.45) is 6.32. The van der Waals surface area contributed by atoms with Gasteiger partial charge in [-0.05, 0) is 42.4 Å². The Morgan fingerprint density at radius 1 is 1.28 bits per heavy atom. The first-order chi connectivity index (χ1) is 15.4. The summed E-state index contributed by atoms with van der Waals surface area (Å²) in [4.78, 5) is 18.3. The first-order valence-corrected chi connectivity index (χ1v) is 11.7. The van der Waals surface area contributed by atoms with E-state index in [1.54, 1.807) is 7.11 Å². The van der Waals surface area contributed by atoms with Crippen molar-refractivity contribution < 1.29 is 14.6 Å². The lowest BCUT2D eigenvalue weighted by Crippen LogP contribution is -2.39. The van der Waals surface area contributed by atoms with E-state index >= 15 is 0 Å².